The number of benzene rings is 1. The fourth-order valence-corrected chi connectivity index (χ4v) is 6.38. The van der Waals surface area contributed by atoms with E-state index in [2.05, 4.69) is 13.8 Å². The van der Waals surface area contributed by atoms with Crippen molar-refractivity contribution in [1.82, 2.24) is 4.90 Å². The molecule has 1 aromatic carbocycles. The fraction of sp³-hybridized carbons (Fsp3) is 0.667. The van der Waals surface area contributed by atoms with Crippen LogP contribution in [0.25, 0.3) is 0 Å². The fourth-order valence-electron chi connectivity index (χ4n) is 5.29. The van der Waals surface area contributed by atoms with Gasteiger partial charge in [-0.3, -0.25) is 4.79 Å². The molecule has 0 saturated carbocycles. The van der Waals surface area contributed by atoms with E-state index in [1.165, 1.54) is 11.8 Å². The van der Waals surface area contributed by atoms with Crippen LogP contribution in [0.1, 0.15) is 84.1 Å². The quantitative estimate of drug-likeness (QED) is 0.143. The summed E-state index contributed by atoms with van der Waals surface area (Å²) in [4.78, 5) is 27.7. The van der Waals surface area contributed by atoms with Crippen LogP contribution in [-0.4, -0.2) is 60.1 Å². The number of hydrogen-bond acceptors (Lipinski definition) is 7. The van der Waals surface area contributed by atoms with Crippen LogP contribution in [-0.2, 0) is 25.5 Å². The smallest absolute Gasteiger partial charge is 0.330 e. The number of thioether (sulfide) groups is 1. The SMILES string of the molecule is CCCCC[C@@H]1CC(OC(=O)C=C(C)CCCC)C[C@](OC)([C@@H]2CSC(=O)N2Cc2ccc(OC)cc2)O1. The molecule has 4 atom stereocenters. The number of amides is 1. The summed E-state index contributed by atoms with van der Waals surface area (Å²) < 4.78 is 24.1. The molecule has 2 aliphatic rings. The van der Waals surface area contributed by atoms with E-state index in [-0.39, 0.29) is 29.5 Å². The van der Waals surface area contributed by atoms with Crippen LogP contribution in [0.4, 0.5) is 4.79 Å². The second kappa shape index (κ2) is 14.9. The Morgan fingerprint density at radius 1 is 1.16 bits per heavy atom. The highest BCUT2D eigenvalue weighted by molar-refractivity contribution is 8.13. The summed E-state index contributed by atoms with van der Waals surface area (Å²) in [6.07, 6.45) is 9.35. The lowest BCUT2D eigenvalue weighted by atomic mass is 9.90. The minimum Gasteiger partial charge on any atom is -0.497 e. The molecule has 1 amide bonds. The topological polar surface area (TPSA) is 74.3 Å². The molecule has 2 fully saturated rings. The molecule has 2 heterocycles. The van der Waals surface area contributed by atoms with Gasteiger partial charge in [-0.1, -0.05) is 69.0 Å². The molecule has 0 spiro atoms. The summed E-state index contributed by atoms with van der Waals surface area (Å²) in [5.41, 5.74) is 2.04. The molecule has 0 aliphatic carbocycles. The van der Waals surface area contributed by atoms with Gasteiger partial charge in [-0.05, 0) is 43.9 Å². The van der Waals surface area contributed by atoms with Gasteiger partial charge >= 0.3 is 5.97 Å². The Bertz CT molecular complexity index is 935. The van der Waals surface area contributed by atoms with Gasteiger partial charge in [0.25, 0.3) is 5.24 Å². The van der Waals surface area contributed by atoms with Crippen LogP contribution in [0.3, 0.4) is 0 Å². The molecular formula is C30H45NO6S. The highest BCUT2D eigenvalue weighted by Gasteiger charge is 2.54. The maximum absolute atomic E-state index is 13.0. The third-order valence-corrected chi connectivity index (χ3v) is 8.41. The van der Waals surface area contributed by atoms with E-state index in [0.717, 1.165) is 61.8 Å². The Morgan fingerprint density at radius 3 is 2.55 bits per heavy atom. The van der Waals surface area contributed by atoms with Crippen LogP contribution in [0.5, 0.6) is 5.75 Å². The van der Waals surface area contributed by atoms with Gasteiger partial charge in [-0.15, -0.1) is 0 Å². The van der Waals surface area contributed by atoms with Crippen molar-refractivity contribution in [1.29, 1.82) is 0 Å². The van der Waals surface area contributed by atoms with Gasteiger partial charge in [-0.25, -0.2) is 4.79 Å². The van der Waals surface area contributed by atoms with Crippen LogP contribution >= 0.6 is 11.8 Å². The molecule has 0 bridgehead atoms. The second-order valence-corrected chi connectivity index (χ2v) is 11.4. The number of unbranched alkanes of at least 4 members (excludes halogenated alkanes) is 3. The third-order valence-electron chi connectivity index (χ3n) is 7.45. The molecule has 7 nitrogen and oxygen atoms in total. The predicted octanol–water partition coefficient (Wildman–Crippen LogP) is 6.88. The largest absolute Gasteiger partial charge is 0.497 e. The van der Waals surface area contributed by atoms with E-state index in [0.29, 0.717) is 25.1 Å². The molecule has 1 unspecified atom stereocenters. The predicted molar refractivity (Wildman–Crippen MR) is 151 cm³/mol. The highest BCUT2D eigenvalue weighted by Crippen LogP contribution is 2.43. The first kappa shape index (κ1) is 30.5. The number of carbonyl (C=O) groups is 2. The van der Waals surface area contributed by atoms with Crippen LogP contribution in [0.15, 0.2) is 35.9 Å². The van der Waals surface area contributed by atoms with Gasteiger partial charge in [0.1, 0.15) is 11.9 Å². The molecule has 1 aromatic rings. The molecule has 2 aliphatic heterocycles. The van der Waals surface area contributed by atoms with E-state index in [4.69, 9.17) is 18.9 Å². The molecule has 0 aromatic heterocycles. The van der Waals surface area contributed by atoms with Gasteiger partial charge in [0.2, 0.25) is 0 Å². The first-order valence-corrected chi connectivity index (χ1v) is 15.0. The summed E-state index contributed by atoms with van der Waals surface area (Å²) in [6.45, 7) is 6.74. The van der Waals surface area contributed by atoms with E-state index in [1.807, 2.05) is 36.1 Å². The monoisotopic (exact) mass is 547 g/mol. The van der Waals surface area contributed by atoms with Gasteiger partial charge in [0.05, 0.1) is 19.3 Å². The lowest BCUT2D eigenvalue weighted by molar-refractivity contribution is -0.305. The number of rotatable bonds is 14. The Labute approximate surface area is 232 Å². The van der Waals surface area contributed by atoms with Crippen molar-refractivity contribution in [2.24, 2.45) is 0 Å². The number of methoxy groups -OCH3 is 2. The molecule has 8 heteroatoms. The number of hydrogen-bond donors (Lipinski definition) is 0. The Hall–Kier alpha value is -2.03. The van der Waals surface area contributed by atoms with Gasteiger partial charge in [-0.2, -0.15) is 0 Å². The van der Waals surface area contributed by atoms with E-state index in [9.17, 15) is 9.59 Å². The third kappa shape index (κ3) is 8.23. The van der Waals surface area contributed by atoms with Crippen molar-refractivity contribution in [3.8, 4) is 5.75 Å². The lowest BCUT2D eigenvalue weighted by Gasteiger charge is -2.48. The van der Waals surface area contributed by atoms with E-state index < -0.39 is 5.79 Å². The number of esters is 1. The Balaban J connectivity index is 1.81. The number of ether oxygens (including phenoxy) is 4. The minimum absolute atomic E-state index is 0.00183. The number of nitrogens with zero attached hydrogens (tertiary/aromatic N) is 1. The maximum atomic E-state index is 13.0. The zero-order chi connectivity index (χ0) is 27.5. The first-order chi connectivity index (χ1) is 18.3. The average molecular weight is 548 g/mol. The molecular weight excluding hydrogens is 502 g/mol. The minimum atomic E-state index is -1.05. The summed E-state index contributed by atoms with van der Waals surface area (Å²) >= 11 is 1.29. The Kier molecular flexibility index (Phi) is 12.0. The highest BCUT2D eigenvalue weighted by atomic mass is 32.2. The average Bonchev–Trinajstić information content (AvgIpc) is 3.28. The summed E-state index contributed by atoms with van der Waals surface area (Å²) in [6, 6.07) is 7.44. The molecule has 3 rings (SSSR count). The second-order valence-electron chi connectivity index (χ2n) is 10.4. The van der Waals surface area contributed by atoms with Gasteiger partial charge in [0, 0.05) is 38.3 Å². The molecule has 0 radical (unpaired) electrons. The standard InChI is InChI=1S/C30H45NO6S/c1-6-8-10-12-25-18-26(36-28(32)17-22(3)11-9-7-2)19-30(35-5,37-25)27-21-38-29(33)31(27)20-23-13-15-24(34-4)16-14-23/h13-17,25-27H,6-12,18-21H2,1-5H3/t25-,26?,27+,30-/m1/s1. The molecule has 0 N–H and O–H groups in total. The number of allylic oxidation sites excluding steroid dienone is 1. The van der Waals surface area contributed by atoms with Crippen LogP contribution in [0.2, 0.25) is 0 Å². The van der Waals surface area contributed by atoms with Gasteiger partial charge < -0.3 is 23.8 Å². The van der Waals surface area contributed by atoms with Crippen molar-refractivity contribution in [3.05, 3.63) is 41.5 Å². The molecule has 2 saturated heterocycles. The van der Waals surface area contributed by atoms with Crippen molar-refractivity contribution in [3.63, 3.8) is 0 Å². The van der Waals surface area contributed by atoms with Crippen molar-refractivity contribution >= 4 is 23.0 Å². The summed E-state index contributed by atoms with van der Waals surface area (Å²) in [7, 11) is 3.28. The lowest BCUT2D eigenvalue weighted by Crippen LogP contribution is -2.60. The van der Waals surface area contributed by atoms with Gasteiger partial charge in [0.15, 0.2) is 5.79 Å². The van der Waals surface area contributed by atoms with E-state index in [1.54, 1.807) is 20.3 Å². The van der Waals surface area contributed by atoms with Crippen LogP contribution in [0, 0.1) is 0 Å². The first-order valence-electron chi connectivity index (χ1n) is 14.0. The van der Waals surface area contributed by atoms with E-state index >= 15 is 0 Å². The van der Waals surface area contributed by atoms with Crippen molar-refractivity contribution in [2.75, 3.05) is 20.0 Å². The normalized spacial score (nSPS) is 26.0. The Morgan fingerprint density at radius 2 is 1.89 bits per heavy atom. The maximum Gasteiger partial charge on any atom is 0.330 e. The summed E-state index contributed by atoms with van der Waals surface area (Å²) in [5.74, 6) is -0.0295. The zero-order valence-electron chi connectivity index (χ0n) is 23.7. The molecule has 212 valence electrons. The number of carbonyl (C=O) groups excluding carboxylic acids is 2. The van der Waals surface area contributed by atoms with Crippen molar-refractivity contribution < 1.29 is 28.5 Å². The van der Waals surface area contributed by atoms with Crippen molar-refractivity contribution in [2.45, 2.75) is 109 Å². The zero-order valence-corrected chi connectivity index (χ0v) is 24.5. The summed E-state index contributed by atoms with van der Waals surface area (Å²) in [5, 5.41) is 0.00183. The molecule has 38 heavy (non-hydrogen) atoms. The van der Waals surface area contributed by atoms with Crippen LogP contribution < -0.4 is 4.74 Å².